The Kier molecular flexibility index (Phi) is 6.50. The standard InChI is InChI=1S/C19H27N9OS/c1-26(2)19-22-15(21-18(20)24-19)13-28-10-8-27(9-11-28)7-3-6-16-23-17(25-29-16)14-5-4-12-30-14/h4-5,12H,3,6-11,13H2,1-2H3,(H2,20,21,22,24). The molecular weight excluding hydrogens is 402 g/mol. The lowest BCUT2D eigenvalue weighted by molar-refractivity contribution is 0.123. The number of rotatable bonds is 8. The Morgan fingerprint density at radius 3 is 2.63 bits per heavy atom. The highest BCUT2D eigenvalue weighted by Gasteiger charge is 2.19. The first kappa shape index (κ1) is 20.6. The largest absolute Gasteiger partial charge is 0.368 e. The van der Waals surface area contributed by atoms with Crippen molar-refractivity contribution in [3.05, 3.63) is 29.2 Å². The third kappa shape index (κ3) is 5.29. The van der Waals surface area contributed by atoms with E-state index in [1.165, 1.54) is 0 Å². The third-order valence-electron chi connectivity index (χ3n) is 4.99. The lowest BCUT2D eigenvalue weighted by atomic mass is 10.2. The first-order chi connectivity index (χ1) is 14.6. The fourth-order valence-corrected chi connectivity index (χ4v) is 4.03. The molecule has 0 aliphatic carbocycles. The van der Waals surface area contributed by atoms with Crippen LogP contribution in [0.5, 0.6) is 0 Å². The van der Waals surface area contributed by atoms with E-state index < -0.39 is 0 Å². The van der Waals surface area contributed by atoms with Crippen molar-refractivity contribution in [2.45, 2.75) is 19.4 Å². The smallest absolute Gasteiger partial charge is 0.229 e. The Bertz CT molecular complexity index is 935. The van der Waals surface area contributed by atoms with E-state index in [2.05, 4.69) is 34.9 Å². The molecule has 1 saturated heterocycles. The third-order valence-corrected chi connectivity index (χ3v) is 5.86. The molecule has 3 aromatic heterocycles. The molecule has 4 rings (SSSR count). The van der Waals surface area contributed by atoms with Crippen molar-refractivity contribution in [3.8, 4) is 10.7 Å². The summed E-state index contributed by atoms with van der Waals surface area (Å²) in [7, 11) is 3.79. The molecule has 0 saturated carbocycles. The summed E-state index contributed by atoms with van der Waals surface area (Å²) in [6.45, 7) is 5.71. The molecule has 1 aliphatic heterocycles. The minimum Gasteiger partial charge on any atom is -0.368 e. The number of piperazine rings is 1. The van der Waals surface area contributed by atoms with Crippen LogP contribution in [0.4, 0.5) is 11.9 Å². The van der Waals surface area contributed by atoms with E-state index in [-0.39, 0.29) is 5.95 Å². The van der Waals surface area contributed by atoms with Gasteiger partial charge in [0.05, 0.1) is 11.4 Å². The highest BCUT2D eigenvalue weighted by atomic mass is 32.1. The quantitative estimate of drug-likeness (QED) is 0.563. The van der Waals surface area contributed by atoms with Gasteiger partial charge in [0.1, 0.15) is 5.82 Å². The van der Waals surface area contributed by atoms with Gasteiger partial charge in [0.25, 0.3) is 0 Å². The van der Waals surface area contributed by atoms with Crippen molar-refractivity contribution in [3.63, 3.8) is 0 Å². The number of aryl methyl sites for hydroxylation is 1. The average molecular weight is 430 g/mol. The van der Waals surface area contributed by atoms with Gasteiger partial charge >= 0.3 is 0 Å². The molecule has 0 atom stereocenters. The summed E-state index contributed by atoms with van der Waals surface area (Å²) in [5.41, 5.74) is 5.82. The Labute approximate surface area is 179 Å². The molecule has 11 heteroatoms. The van der Waals surface area contributed by atoms with Gasteiger partial charge in [-0.15, -0.1) is 11.3 Å². The van der Waals surface area contributed by atoms with Gasteiger partial charge in [0.2, 0.25) is 23.6 Å². The second kappa shape index (κ2) is 9.45. The van der Waals surface area contributed by atoms with E-state index in [1.807, 2.05) is 36.5 Å². The Hall–Kier alpha value is -2.63. The van der Waals surface area contributed by atoms with Crippen molar-refractivity contribution in [1.29, 1.82) is 0 Å². The van der Waals surface area contributed by atoms with Crippen molar-refractivity contribution < 1.29 is 4.52 Å². The van der Waals surface area contributed by atoms with Crippen LogP contribution < -0.4 is 10.6 Å². The number of aromatic nitrogens is 5. The fraction of sp³-hybridized carbons (Fsp3) is 0.526. The number of hydrogen-bond donors (Lipinski definition) is 1. The molecule has 2 N–H and O–H groups in total. The fourth-order valence-electron chi connectivity index (χ4n) is 3.38. The van der Waals surface area contributed by atoms with Crippen LogP contribution in [-0.4, -0.2) is 81.7 Å². The van der Waals surface area contributed by atoms with Gasteiger partial charge in [0, 0.05) is 46.7 Å². The SMILES string of the molecule is CN(C)c1nc(N)nc(CN2CCN(CCCc3nc(-c4cccs4)no3)CC2)n1. The van der Waals surface area contributed by atoms with E-state index in [9.17, 15) is 0 Å². The summed E-state index contributed by atoms with van der Waals surface area (Å²) in [4.78, 5) is 25.1. The van der Waals surface area contributed by atoms with Crippen molar-refractivity contribution in [2.24, 2.45) is 0 Å². The van der Waals surface area contributed by atoms with E-state index in [1.54, 1.807) is 11.3 Å². The van der Waals surface area contributed by atoms with Crippen LogP contribution in [0, 0.1) is 0 Å². The minimum absolute atomic E-state index is 0.269. The maximum Gasteiger partial charge on any atom is 0.229 e. The van der Waals surface area contributed by atoms with Gasteiger partial charge in [-0.3, -0.25) is 4.90 Å². The predicted molar refractivity (Wildman–Crippen MR) is 116 cm³/mol. The molecule has 0 radical (unpaired) electrons. The molecule has 1 fully saturated rings. The number of thiophene rings is 1. The molecule has 30 heavy (non-hydrogen) atoms. The van der Waals surface area contributed by atoms with Gasteiger partial charge in [-0.2, -0.15) is 19.9 Å². The zero-order valence-corrected chi connectivity index (χ0v) is 18.2. The molecule has 1 aliphatic rings. The molecular formula is C19H27N9OS. The highest BCUT2D eigenvalue weighted by molar-refractivity contribution is 7.13. The summed E-state index contributed by atoms with van der Waals surface area (Å²) in [5, 5.41) is 6.09. The monoisotopic (exact) mass is 429 g/mol. The molecule has 4 heterocycles. The first-order valence-corrected chi connectivity index (χ1v) is 10.9. The number of nitrogens with two attached hydrogens (primary N) is 1. The van der Waals surface area contributed by atoms with Gasteiger partial charge < -0.3 is 20.1 Å². The van der Waals surface area contributed by atoms with Crippen LogP contribution in [0.2, 0.25) is 0 Å². The average Bonchev–Trinajstić information content (AvgIpc) is 3.40. The minimum atomic E-state index is 0.269. The van der Waals surface area contributed by atoms with Crippen LogP contribution in [-0.2, 0) is 13.0 Å². The second-order valence-electron chi connectivity index (χ2n) is 7.51. The second-order valence-corrected chi connectivity index (χ2v) is 8.46. The van der Waals surface area contributed by atoms with Crippen molar-refractivity contribution in [1.82, 2.24) is 34.9 Å². The van der Waals surface area contributed by atoms with Gasteiger partial charge in [-0.25, -0.2) is 0 Å². The number of nitrogen functional groups attached to an aromatic ring is 1. The molecule has 0 spiro atoms. The number of hydrogen-bond acceptors (Lipinski definition) is 11. The Morgan fingerprint density at radius 2 is 1.90 bits per heavy atom. The Morgan fingerprint density at radius 1 is 1.10 bits per heavy atom. The van der Waals surface area contributed by atoms with E-state index in [4.69, 9.17) is 10.3 Å². The van der Waals surface area contributed by atoms with Gasteiger partial charge in [-0.05, 0) is 24.4 Å². The molecule has 0 amide bonds. The van der Waals surface area contributed by atoms with Crippen LogP contribution in [0.15, 0.2) is 22.0 Å². The Balaban J connectivity index is 1.20. The highest BCUT2D eigenvalue weighted by Crippen LogP contribution is 2.21. The topological polar surface area (TPSA) is 113 Å². The number of nitrogens with zero attached hydrogens (tertiary/aromatic N) is 8. The molecule has 0 aromatic carbocycles. The zero-order chi connectivity index (χ0) is 20.9. The summed E-state index contributed by atoms with van der Waals surface area (Å²) in [6, 6.07) is 4.00. The molecule has 0 unspecified atom stereocenters. The lowest BCUT2D eigenvalue weighted by Gasteiger charge is -2.34. The van der Waals surface area contributed by atoms with E-state index in [0.717, 1.165) is 56.3 Å². The summed E-state index contributed by atoms with van der Waals surface area (Å²) < 4.78 is 5.38. The van der Waals surface area contributed by atoms with Crippen LogP contribution >= 0.6 is 11.3 Å². The van der Waals surface area contributed by atoms with Crippen LogP contribution in [0.1, 0.15) is 18.1 Å². The maximum atomic E-state index is 5.82. The summed E-state index contributed by atoms with van der Waals surface area (Å²) in [5.74, 6) is 2.98. The van der Waals surface area contributed by atoms with E-state index >= 15 is 0 Å². The first-order valence-electron chi connectivity index (χ1n) is 10.1. The maximum absolute atomic E-state index is 5.82. The number of anilines is 2. The van der Waals surface area contributed by atoms with Crippen molar-refractivity contribution >= 4 is 23.2 Å². The van der Waals surface area contributed by atoms with Gasteiger partial charge in [-0.1, -0.05) is 11.2 Å². The molecule has 10 nitrogen and oxygen atoms in total. The lowest BCUT2D eigenvalue weighted by Crippen LogP contribution is -2.46. The summed E-state index contributed by atoms with van der Waals surface area (Å²) in [6.07, 6.45) is 1.80. The normalized spacial score (nSPS) is 15.5. The zero-order valence-electron chi connectivity index (χ0n) is 17.4. The van der Waals surface area contributed by atoms with Crippen LogP contribution in [0.25, 0.3) is 10.7 Å². The van der Waals surface area contributed by atoms with Crippen LogP contribution in [0.3, 0.4) is 0 Å². The molecule has 3 aromatic rings. The molecule has 0 bridgehead atoms. The van der Waals surface area contributed by atoms with E-state index in [0.29, 0.717) is 24.2 Å². The van der Waals surface area contributed by atoms with Crippen molar-refractivity contribution in [2.75, 3.05) is 57.5 Å². The predicted octanol–water partition coefficient (Wildman–Crippen LogP) is 1.38. The van der Waals surface area contributed by atoms with Gasteiger partial charge in [0.15, 0.2) is 0 Å². The molecule has 160 valence electrons. The summed E-state index contributed by atoms with van der Waals surface area (Å²) >= 11 is 1.62.